The van der Waals surface area contributed by atoms with Gasteiger partial charge < -0.3 is 0 Å². The maximum Gasteiger partial charge on any atom is 0.180 e. The Bertz CT molecular complexity index is 968. The summed E-state index contributed by atoms with van der Waals surface area (Å²) in [5, 5.41) is 5.41. The van der Waals surface area contributed by atoms with Crippen LogP contribution in [0.1, 0.15) is 49.6 Å². The number of rotatable bonds is 4. The van der Waals surface area contributed by atoms with Crippen LogP contribution in [0.4, 0.5) is 4.39 Å². The zero-order valence-corrected chi connectivity index (χ0v) is 15.8. The Morgan fingerprint density at radius 2 is 1.81 bits per heavy atom. The van der Waals surface area contributed by atoms with Crippen molar-refractivity contribution in [3.63, 3.8) is 0 Å². The van der Waals surface area contributed by atoms with Crippen molar-refractivity contribution in [3.8, 4) is 11.1 Å². The highest BCUT2D eigenvalue weighted by molar-refractivity contribution is 6.06. The van der Waals surface area contributed by atoms with Crippen LogP contribution in [-0.2, 0) is 13.2 Å². The van der Waals surface area contributed by atoms with Crippen molar-refractivity contribution >= 4 is 16.7 Å². The highest BCUT2D eigenvalue weighted by atomic mass is 19.1. The number of aromatic nitrogens is 4. The molecule has 0 unspecified atom stereocenters. The largest absolute Gasteiger partial charge is 0.293 e. The average Bonchev–Trinajstić information content (AvgIpc) is 2.92. The molecule has 0 aliphatic rings. The highest BCUT2D eigenvalue weighted by Crippen LogP contribution is 2.31. The van der Waals surface area contributed by atoms with E-state index >= 15 is 0 Å². The molecular formula is C20H23FN4O. The Labute approximate surface area is 152 Å². The Morgan fingerprint density at radius 3 is 2.35 bits per heavy atom. The summed E-state index contributed by atoms with van der Waals surface area (Å²) in [6.45, 7) is 9.99. The molecule has 0 saturated carbocycles. The number of Topliss-reactive ketones (excluding diaryl/α,β-unsaturated/α-hetero) is 1. The zero-order chi connectivity index (χ0) is 19.1. The van der Waals surface area contributed by atoms with E-state index < -0.39 is 6.67 Å². The van der Waals surface area contributed by atoms with Gasteiger partial charge in [0.1, 0.15) is 12.4 Å². The standard InChI is InChI=1S/C20H23FN4O/c1-12-6-14(15-9-22-17(8-21)23-10-15)7-16-18(13(2)26)24-25(19(12)16)11-20(3,4)5/h6-7,9-10H,8,11H2,1-5H3. The Kier molecular flexibility index (Phi) is 4.61. The fraction of sp³-hybridized carbons (Fsp3) is 0.400. The summed E-state index contributed by atoms with van der Waals surface area (Å²) in [6, 6.07) is 3.97. The number of hydrogen-bond donors (Lipinski definition) is 0. The van der Waals surface area contributed by atoms with Gasteiger partial charge in [-0.1, -0.05) is 20.8 Å². The molecule has 0 aliphatic heterocycles. The van der Waals surface area contributed by atoms with Gasteiger partial charge in [-0.05, 0) is 35.6 Å². The fourth-order valence-electron chi connectivity index (χ4n) is 3.09. The summed E-state index contributed by atoms with van der Waals surface area (Å²) >= 11 is 0. The molecule has 26 heavy (non-hydrogen) atoms. The molecule has 2 aromatic heterocycles. The highest BCUT2D eigenvalue weighted by Gasteiger charge is 2.21. The predicted molar refractivity (Wildman–Crippen MR) is 99.8 cm³/mol. The molecular weight excluding hydrogens is 331 g/mol. The number of nitrogens with zero attached hydrogens (tertiary/aromatic N) is 4. The summed E-state index contributed by atoms with van der Waals surface area (Å²) in [5.41, 5.74) is 4.17. The van der Waals surface area contributed by atoms with E-state index in [9.17, 15) is 9.18 Å². The lowest BCUT2D eigenvalue weighted by molar-refractivity contribution is 0.101. The molecule has 2 heterocycles. The normalized spacial score (nSPS) is 11.9. The van der Waals surface area contributed by atoms with Crippen LogP contribution in [-0.4, -0.2) is 25.5 Å². The Balaban J connectivity index is 2.20. The van der Waals surface area contributed by atoms with Gasteiger partial charge in [-0.15, -0.1) is 0 Å². The number of benzene rings is 1. The molecule has 3 aromatic rings. The smallest absolute Gasteiger partial charge is 0.180 e. The summed E-state index contributed by atoms with van der Waals surface area (Å²) in [7, 11) is 0. The van der Waals surface area contributed by atoms with Gasteiger partial charge >= 0.3 is 0 Å². The molecule has 0 aliphatic carbocycles. The summed E-state index contributed by atoms with van der Waals surface area (Å²) in [5.74, 6) is 0.0946. The van der Waals surface area contributed by atoms with E-state index in [0.717, 1.165) is 27.6 Å². The number of carbonyl (C=O) groups is 1. The zero-order valence-electron chi connectivity index (χ0n) is 15.8. The first-order valence-electron chi connectivity index (χ1n) is 8.59. The number of halogens is 1. The maximum absolute atomic E-state index is 12.6. The topological polar surface area (TPSA) is 60.7 Å². The monoisotopic (exact) mass is 354 g/mol. The van der Waals surface area contributed by atoms with Gasteiger partial charge in [0.05, 0.1) is 5.52 Å². The first kappa shape index (κ1) is 18.2. The molecule has 136 valence electrons. The lowest BCUT2D eigenvalue weighted by Gasteiger charge is -2.19. The molecule has 0 spiro atoms. The number of carbonyl (C=O) groups excluding carboxylic acids is 1. The SMILES string of the molecule is CC(=O)c1nn(CC(C)(C)C)c2c(C)cc(-c3cnc(CF)nc3)cc12. The van der Waals surface area contributed by atoms with E-state index in [1.165, 1.54) is 6.92 Å². The van der Waals surface area contributed by atoms with Crippen LogP contribution in [0.5, 0.6) is 0 Å². The van der Waals surface area contributed by atoms with E-state index in [2.05, 4.69) is 35.8 Å². The van der Waals surface area contributed by atoms with E-state index in [1.54, 1.807) is 12.4 Å². The van der Waals surface area contributed by atoms with Gasteiger partial charge in [0.25, 0.3) is 0 Å². The molecule has 0 N–H and O–H groups in total. The second-order valence-corrected chi connectivity index (χ2v) is 7.83. The van der Waals surface area contributed by atoms with Crippen molar-refractivity contribution in [3.05, 3.63) is 41.6 Å². The van der Waals surface area contributed by atoms with Crippen molar-refractivity contribution in [2.75, 3.05) is 0 Å². The molecule has 0 fully saturated rings. The van der Waals surface area contributed by atoms with Crippen LogP contribution in [0.15, 0.2) is 24.5 Å². The minimum absolute atomic E-state index is 0.0359. The summed E-state index contributed by atoms with van der Waals surface area (Å²) in [6.07, 6.45) is 3.21. The molecule has 0 bridgehead atoms. The van der Waals surface area contributed by atoms with E-state index in [4.69, 9.17) is 0 Å². The minimum atomic E-state index is -0.688. The second-order valence-electron chi connectivity index (χ2n) is 7.83. The van der Waals surface area contributed by atoms with Gasteiger partial charge in [0.15, 0.2) is 11.6 Å². The molecule has 0 radical (unpaired) electrons. The van der Waals surface area contributed by atoms with Crippen molar-refractivity contribution in [2.24, 2.45) is 5.41 Å². The van der Waals surface area contributed by atoms with Crippen LogP contribution in [0.3, 0.4) is 0 Å². The molecule has 1 aromatic carbocycles. The van der Waals surface area contributed by atoms with Gasteiger partial charge in [-0.3, -0.25) is 9.48 Å². The van der Waals surface area contributed by atoms with E-state index in [-0.39, 0.29) is 17.0 Å². The third-order valence-corrected chi connectivity index (χ3v) is 4.15. The number of alkyl halides is 1. The van der Waals surface area contributed by atoms with Crippen molar-refractivity contribution in [1.82, 2.24) is 19.7 Å². The third kappa shape index (κ3) is 3.49. The number of hydrogen-bond acceptors (Lipinski definition) is 4. The van der Waals surface area contributed by atoms with Crippen molar-refractivity contribution in [2.45, 2.75) is 47.8 Å². The average molecular weight is 354 g/mol. The fourth-order valence-corrected chi connectivity index (χ4v) is 3.09. The van der Waals surface area contributed by atoms with Gasteiger partial charge in [-0.25, -0.2) is 14.4 Å². The Hall–Kier alpha value is -2.63. The van der Waals surface area contributed by atoms with Crippen LogP contribution in [0.25, 0.3) is 22.0 Å². The lowest BCUT2D eigenvalue weighted by atomic mass is 9.96. The molecule has 5 nitrogen and oxygen atoms in total. The molecule has 0 amide bonds. The molecule has 0 saturated heterocycles. The minimum Gasteiger partial charge on any atom is -0.293 e. The number of aryl methyl sites for hydroxylation is 1. The van der Waals surface area contributed by atoms with E-state index in [0.29, 0.717) is 12.2 Å². The van der Waals surface area contributed by atoms with Crippen LogP contribution >= 0.6 is 0 Å². The van der Waals surface area contributed by atoms with Gasteiger partial charge in [0.2, 0.25) is 0 Å². The lowest BCUT2D eigenvalue weighted by Crippen LogP contribution is -2.17. The molecule has 6 heteroatoms. The predicted octanol–water partition coefficient (Wildman–Crippen LogP) is 4.52. The quantitative estimate of drug-likeness (QED) is 0.646. The molecule has 0 atom stereocenters. The third-order valence-electron chi connectivity index (χ3n) is 4.15. The van der Waals surface area contributed by atoms with Gasteiger partial charge in [-0.2, -0.15) is 5.10 Å². The van der Waals surface area contributed by atoms with Crippen LogP contribution in [0.2, 0.25) is 0 Å². The van der Waals surface area contributed by atoms with Crippen molar-refractivity contribution < 1.29 is 9.18 Å². The number of ketones is 1. The maximum atomic E-state index is 12.6. The summed E-state index contributed by atoms with van der Waals surface area (Å²) < 4.78 is 14.6. The van der Waals surface area contributed by atoms with Crippen LogP contribution < -0.4 is 0 Å². The van der Waals surface area contributed by atoms with Crippen molar-refractivity contribution in [1.29, 1.82) is 0 Å². The number of fused-ring (bicyclic) bond motifs is 1. The summed E-state index contributed by atoms with van der Waals surface area (Å²) in [4.78, 5) is 20.2. The molecule has 3 rings (SSSR count). The Morgan fingerprint density at radius 1 is 1.15 bits per heavy atom. The first-order chi connectivity index (χ1) is 12.2. The van der Waals surface area contributed by atoms with E-state index in [1.807, 2.05) is 23.7 Å². The van der Waals surface area contributed by atoms with Gasteiger partial charge in [0, 0.05) is 36.8 Å². The second kappa shape index (κ2) is 6.59. The first-order valence-corrected chi connectivity index (χ1v) is 8.59. The van der Waals surface area contributed by atoms with Crippen LogP contribution in [0, 0.1) is 12.3 Å².